The van der Waals surface area contributed by atoms with E-state index >= 15 is 0 Å². The van der Waals surface area contributed by atoms with E-state index in [1.54, 1.807) is 14.9 Å². The van der Waals surface area contributed by atoms with Gasteiger partial charge in [-0.3, -0.25) is 0 Å². The fraction of sp³-hybridized carbons (Fsp3) is 0.538. The minimum atomic E-state index is -1.03. The zero-order valence-electron chi connectivity index (χ0n) is 18.7. The molecule has 2 nitrogen and oxygen atoms in total. The Hall–Kier alpha value is -1.01. The van der Waals surface area contributed by atoms with Gasteiger partial charge < -0.3 is 0 Å². The van der Waals surface area contributed by atoms with Gasteiger partial charge in [0.1, 0.15) is 0 Å². The fourth-order valence-corrected chi connectivity index (χ4v) is 10.6. The van der Waals surface area contributed by atoms with E-state index in [9.17, 15) is 4.79 Å². The van der Waals surface area contributed by atoms with Gasteiger partial charge in [0.2, 0.25) is 0 Å². The second-order valence-electron chi connectivity index (χ2n) is 9.08. The van der Waals surface area contributed by atoms with Crippen molar-refractivity contribution in [3.8, 4) is 10.4 Å². The summed E-state index contributed by atoms with van der Waals surface area (Å²) >= 11 is 0.767. The Labute approximate surface area is 193 Å². The number of rotatable bonds is 8. The van der Waals surface area contributed by atoms with Crippen molar-refractivity contribution in [1.29, 1.82) is 0 Å². The van der Waals surface area contributed by atoms with Crippen molar-refractivity contribution >= 4 is 40.5 Å². The Morgan fingerprint density at radius 2 is 2.10 bits per heavy atom. The molecular formula is C26H34INOS. The first kappa shape index (κ1) is 22.2. The van der Waals surface area contributed by atoms with Gasteiger partial charge in [0.15, 0.2) is 0 Å². The molecule has 2 fully saturated rings. The molecule has 1 aliphatic heterocycles. The van der Waals surface area contributed by atoms with E-state index in [2.05, 4.69) is 57.5 Å². The fourth-order valence-electron chi connectivity index (χ4n) is 4.64. The summed E-state index contributed by atoms with van der Waals surface area (Å²) in [6.07, 6.45) is 9.88. The molecule has 2 aliphatic rings. The number of aryl methyl sites for hydroxylation is 2. The molecule has 1 saturated carbocycles. The van der Waals surface area contributed by atoms with E-state index in [0.717, 1.165) is 19.3 Å². The van der Waals surface area contributed by atoms with Gasteiger partial charge in [0.05, 0.1) is 0 Å². The zero-order valence-corrected chi connectivity index (χ0v) is 21.7. The predicted molar refractivity (Wildman–Crippen MR) is 139 cm³/mol. The van der Waals surface area contributed by atoms with Crippen LogP contribution in [-0.2, 0) is 4.79 Å². The van der Waals surface area contributed by atoms with Crippen molar-refractivity contribution in [2.75, 3.05) is 8.86 Å². The summed E-state index contributed by atoms with van der Waals surface area (Å²) in [5, 5.41) is 2.20. The van der Waals surface area contributed by atoms with E-state index in [4.69, 9.17) is 4.98 Å². The molecule has 0 aromatic carbocycles. The number of hydrogen-bond donors (Lipinski definition) is 0. The summed E-state index contributed by atoms with van der Waals surface area (Å²) in [4.78, 5) is 19.2. The number of Topliss-reactive ketones (excluding diaryl/α,β-unsaturated/α-hetero) is 1. The second-order valence-corrected chi connectivity index (χ2v) is 15.9. The molecule has 4 rings (SSSR count). The first-order valence-electron chi connectivity index (χ1n) is 11.3. The third-order valence-corrected chi connectivity index (χ3v) is 12.4. The molecule has 3 heterocycles. The number of thiophene rings is 1. The number of carbonyl (C=O) groups is 1. The van der Waals surface area contributed by atoms with E-state index < -0.39 is 19.8 Å². The van der Waals surface area contributed by atoms with Crippen LogP contribution in [0.15, 0.2) is 29.8 Å². The SMILES string of the molecule is CCC(/C=C(\c1ncc(-c2cc(C)cs2)cc1C)I1CC1)CC(=O)C1CCCC1C. The van der Waals surface area contributed by atoms with Crippen molar-refractivity contribution in [3.63, 3.8) is 0 Å². The Bertz CT molecular complexity index is 942. The molecule has 162 valence electrons. The molecule has 1 aliphatic carbocycles. The average molecular weight is 536 g/mol. The van der Waals surface area contributed by atoms with Crippen LogP contribution in [0.1, 0.15) is 62.8 Å². The average Bonchev–Trinajstić information content (AvgIpc) is 3.33. The van der Waals surface area contributed by atoms with Gasteiger partial charge >= 0.3 is 194 Å². The Morgan fingerprint density at radius 3 is 2.67 bits per heavy atom. The molecule has 0 spiro atoms. The summed E-state index contributed by atoms with van der Waals surface area (Å²) in [7, 11) is 0. The van der Waals surface area contributed by atoms with Crippen LogP contribution < -0.4 is 0 Å². The van der Waals surface area contributed by atoms with Crippen LogP contribution in [0.3, 0.4) is 0 Å². The Morgan fingerprint density at radius 1 is 1.30 bits per heavy atom. The second kappa shape index (κ2) is 9.64. The van der Waals surface area contributed by atoms with Crippen molar-refractivity contribution in [3.05, 3.63) is 46.6 Å². The number of ketones is 1. The maximum atomic E-state index is 13.0. The number of alkyl halides is 2. The normalized spacial score (nSPS) is 23.6. The van der Waals surface area contributed by atoms with Crippen molar-refractivity contribution in [2.24, 2.45) is 17.8 Å². The molecule has 3 atom stereocenters. The van der Waals surface area contributed by atoms with Gasteiger partial charge in [-0.25, -0.2) is 0 Å². The first-order valence-corrected chi connectivity index (χ1v) is 16.4. The van der Waals surface area contributed by atoms with E-state index in [-0.39, 0.29) is 0 Å². The standard InChI is InChI=1S/C26H34INOS/c1-5-20(14-24(29)22-8-6-7-18(22)3)13-23(27-9-10-27)26-19(4)12-21(15-28-26)25-11-17(2)16-30-25/h11-13,15-16,18,20,22H,5-10,14H2,1-4H3/b23-13+. The summed E-state index contributed by atoms with van der Waals surface area (Å²) in [6.45, 7) is 8.86. The van der Waals surface area contributed by atoms with Crippen LogP contribution in [0.2, 0.25) is 0 Å². The van der Waals surface area contributed by atoms with Crippen molar-refractivity contribution in [1.82, 2.24) is 4.98 Å². The number of nitrogens with zero attached hydrogens (tertiary/aromatic N) is 1. The van der Waals surface area contributed by atoms with Gasteiger partial charge in [-0.05, 0) is 0 Å². The molecule has 2 aromatic heterocycles. The summed E-state index contributed by atoms with van der Waals surface area (Å²) < 4.78 is 4.37. The molecule has 2 aromatic rings. The van der Waals surface area contributed by atoms with Crippen LogP contribution in [0.25, 0.3) is 14.0 Å². The summed E-state index contributed by atoms with van der Waals surface area (Å²) in [5.41, 5.74) is 5.05. The third-order valence-electron chi connectivity index (χ3n) is 6.63. The zero-order chi connectivity index (χ0) is 21.3. The van der Waals surface area contributed by atoms with Crippen LogP contribution in [0.4, 0.5) is 0 Å². The quantitative estimate of drug-likeness (QED) is 0.256. The topological polar surface area (TPSA) is 30.0 Å². The van der Waals surface area contributed by atoms with Gasteiger partial charge in [-0.1, -0.05) is 0 Å². The summed E-state index contributed by atoms with van der Waals surface area (Å²) in [5.74, 6) is 1.77. The van der Waals surface area contributed by atoms with Gasteiger partial charge in [-0.15, -0.1) is 0 Å². The monoisotopic (exact) mass is 535 g/mol. The van der Waals surface area contributed by atoms with Gasteiger partial charge in [0, 0.05) is 0 Å². The third kappa shape index (κ3) is 5.07. The predicted octanol–water partition coefficient (Wildman–Crippen LogP) is 7.71. The van der Waals surface area contributed by atoms with Crippen LogP contribution in [0.5, 0.6) is 0 Å². The van der Waals surface area contributed by atoms with Crippen molar-refractivity contribution in [2.45, 2.75) is 59.8 Å². The Kier molecular flexibility index (Phi) is 7.13. The first-order chi connectivity index (χ1) is 14.5. The number of aromatic nitrogens is 1. The minimum absolute atomic E-state index is 0.309. The van der Waals surface area contributed by atoms with Crippen molar-refractivity contribution < 1.29 is 4.79 Å². The molecular weight excluding hydrogens is 501 g/mol. The number of halogens is 1. The Balaban J connectivity index is 1.56. The van der Waals surface area contributed by atoms with E-state index in [1.165, 1.54) is 49.0 Å². The number of allylic oxidation sites excluding steroid dienone is 1. The van der Waals surface area contributed by atoms with E-state index in [1.807, 2.05) is 0 Å². The molecule has 4 heteroatoms. The molecule has 1 saturated heterocycles. The molecule has 30 heavy (non-hydrogen) atoms. The number of carbonyl (C=O) groups excluding carboxylic acids is 1. The summed E-state index contributed by atoms with van der Waals surface area (Å²) in [6, 6.07) is 4.56. The molecule has 0 N–H and O–H groups in total. The van der Waals surface area contributed by atoms with Crippen LogP contribution >= 0.6 is 31.2 Å². The maximum absolute atomic E-state index is 13.0. The van der Waals surface area contributed by atoms with Crippen LogP contribution in [-0.4, -0.2) is 19.6 Å². The molecule has 0 radical (unpaired) electrons. The molecule has 0 amide bonds. The van der Waals surface area contributed by atoms with Gasteiger partial charge in [0.25, 0.3) is 0 Å². The molecule has 3 unspecified atom stereocenters. The molecule has 0 bridgehead atoms. The van der Waals surface area contributed by atoms with Crippen LogP contribution in [0, 0.1) is 31.6 Å². The number of pyridine rings is 1. The van der Waals surface area contributed by atoms with Gasteiger partial charge in [-0.2, -0.15) is 0 Å². The number of hydrogen-bond acceptors (Lipinski definition) is 3. The van der Waals surface area contributed by atoms with E-state index in [0.29, 0.717) is 23.5 Å².